The van der Waals surface area contributed by atoms with Crippen LogP contribution in [-0.4, -0.2) is 51.6 Å². The van der Waals surface area contributed by atoms with E-state index in [2.05, 4.69) is 19.9 Å². The molecule has 0 aliphatic carbocycles. The zero-order valence-corrected chi connectivity index (χ0v) is 17.6. The van der Waals surface area contributed by atoms with Crippen molar-refractivity contribution in [1.82, 2.24) is 23.9 Å². The number of halogens is 2. The number of anilines is 1. The molecule has 0 bridgehead atoms. The van der Waals surface area contributed by atoms with Crippen LogP contribution in [0.3, 0.4) is 0 Å². The first-order valence-corrected chi connectivity index (χ1v) is 11.2. The number of nitrogens with one attached hydrogen (secondary N) is 1. The minimum atomic E-state index is -4.14. The summed E-state index contributed by atoms with van der Waals surface area (Å²) in [6.07, 6.45) is 1.85. The van der Waals surface area contributed by atoms with Crippen molar-refractivity contribution in [2.45, 2.75) is 12.6 Å². The highest BCUT2D eigenvalue weighted by Gasteiger charge is 2.32. The number of hydrogen-bond donors (Lipinski definition) is 1. The minimum Gasteiger partial charge on any atom is -0.453 e. The van der Waals surface area contributed by atoms with Gasteiger partial charge in [-0.3, -0.25) is 9.12 Å². The quantitative estimate of drug-likeness (QED) is 0.474. The molecular formula is C20H15F2N7O3S. The van der Waals surface area contributed by atoms with Gasteiger partial charge in [0.05, 0.1) is 11.2 Å². The summed E-state index contributed by atoms with van der Waals surface area (Å²) in [6.45, 7) is -0.283. The van der Waals surface area contributed by atoms with E-state index in [0.717, 1.165) is 16.4 Å². The fourth-order valence-electron chi connectivity index (χ4n) is 3.59. The lowest BCUT2D eigenvalue weighted by atomic mass is 10.1. The van der Waals surface area contributed by atoms with Gasteiger partial charge >= 0.3 is 10.2 Å². The van der Waals surface area contributed by atoms with Crippen molar-refractivity contribution in [3.05, 3.63) is 54.4 Å². The van der Waals surface area contributed by atoms with Gasteiger partial charge in [0.2, 0.25) is 0 Å². The van der Waals surface area contributed by atoms with Crippen LogP contribution in [0, 0.1) is 17.1 Å². The number of rotatable bonds is 5. The van der Waals surface area contributed by atoms with Crippen LogP contribution in [0.5, 0.6) is 11.5 Å². The number of benzene rings is 2. The molecule has 13 heteroatoms. The molecule has 1 N–H and O–H groups in total. The molecule has 1 fully saturated rings. The number of alkyl halides is 1. The van der Waals surface area contributed by atoms with Crippen molar-refractivity contribution in [2.24, 2.45) is 0 Å². The molecule has 2 aromatic carbocycles. The number of aromatic nitrogens is 4. The topological polar surface area (TPSA) is 126 Å². The predicted molar refractivity (Wildman–Crippen MR) is 113 cm³/mol. The third kappa shape index (κ3) is 3.79. The van der Waals surface area contributed by atoms with Gasteiger partial charge in [0.1, 0.15) is 36.2 Å². The van der Waals surface area contributed by atoms with Gasteiger partial charge in [-0.2, -0.15) is 18.0 Å². The van der Waals surface area contributed by atoms with Crippen LogP contribution in [-0.2, 0) is 10.2 Å². The molecule has 0 radical (unpaired) electrons. The van der Waals surface area contributed by atoms with Crippen molar-refractivity contribution in [2.75, 3.05) is 17.8 Å². The third-order valence-electron chi connectivity index (χ3n) is 5.22. The SMILES string of the molecule is N#Cc1c(NS(=O)(=O)N2CCC(F)C2)ccc(F)c1Oc1ccc2ncn3cnnc3c2c1. The zero-order chi connectivity index (χ0) is 23.2. The molecule has 0 spiro atoms. The summed E-state index contributed by atoms with van der Waals surface area (Å²) in [5.41, 5.74) is 0.568. The van der Waals surface area contributed by atoms with E-state index in [4.69, 9.17) is 4.74 Å². The molecule has 0 saturated carbocycles. The number of nitrogens with zero attached hydrogens (tertiary/aromatic N) is 6. The van der Waals surface area contributed by atoms with E-state index in [1.165, 1.54) is 12.4 Å². The lowest BCUT2D eigenvalue weighted by Crippen LogP contribution is -2.34. The Kier molecular flexibility index (Phi) is 5.03. The molecule has 2 aromatic heterocycles. The Labute approximate surface area is 186 Å². The van der Waals surface area contributed by atoms with Gasteiger partial charge in [-0.05, 0) is 36.8 Å². The first-order valence-electron chi connectivity index (χ1n) is 9.76. The van der Waals surface area contributed by atoms with Gasteiger partial charge in [0, 0.05) is 18.5 Å². The van der Waals surface area contributed by atoms with Crippen LogP contribution in [0.25, 0.3) is 16.6 Å². The van der Waals surface area contributed by atoms with Crippen molar-refractivity contribution in [3.8, 4) is 17.6 Å². The van der Waals surface area contributed by atoms with Crippen LogP contribution < -0.4 is 9.46 Å². The van der Waals surface area contributed by atoms with Crippen molar-refractivity contribution in [3.63, 3.8) is 0 Å². The van der Waals surface area contributed by atoms with Gasteiger partial charge in [0.15, 0.2) is 17.2 Å². The Morgan fingerprint density at radius 3 is 2.85 bits per heavy atom. The predicted octanol–water partition coefficient (Wildman–Crippen LogP) is 2.78. The summed E-state index contributed by atoms with van der Waals surface area (Å²) in [6, 6.07) is 8.62. The van der Waals surface area contributed by atoms with Gasteiger partial charge in [-0.15, -0.1) is 10.2 Å². The van der Waals surface area contributed by atoms with Crippen molar-refractivity contribution < 1.29 is 21.9 Å². The summed E-state index contributed by atoms with van der Waals surface area (Å²) in [4.78, 5) is 4.27. The highest BCUT2D eigenvalue weighted by atomic mass is 32.2. The summed E-state index contributed by atoms with van der Waals surface area (Å²) < 4.78 is 63.8. The van der Waals surface area contributed by atoms with E-state index in [1.54, 1.807) is 28.9 Å². The fraction of sp³-hybridized carbons (Fsp3) is 0.200. The monoisotopic (exact) mass is 471 g/mol. The zero-order valence-electron chi connectivity index (χ0n) is 16.8. The van der Waals surface area contributed by atoms with E-state index in [9.17, 15) is 22.5 Å². The largest absolute Gasteiger partial charge is 0.453 e. The second kappa shape index (κ2) is 7.91. The maximum Gasteiger partial charge on any atom is 0.301 e. The van der Waals surface area contributed by atoms with Crippen molar-refractivity contribution >= 4 is 32.4 Å². The Morgan fingerprint density at radius 2 is 2.09 bits per heavy atom. The lowest BCUT2D eigenvalue weighted by Gasteiger charge is -2.18. The van der Waals surface area contributed by atoms with Gasteiger partial charge in [-0.25, -0.2) is 13.8 Å². The lowest BCUT2D eigenvalue weighted by molar-refractivity contribution is 0.343. The van der Waals surface area contributed by atoms with Crippen molar-refractivity contribution in [1.29, 1.82) is 5.26 Å². The maximum absolute atomic E-state index is 14.7. The molecule has 0 amide bonds. The molecular weight excluding hydrogens is 456 g/mol. The van der Waals surface area contributed by atoms with Crippen LogP contribution in [0.1, 0.15) is 12.0 Å². The number of hydrogen-bond acceptors (Lipinski definition) is 7. The van der Waals surface area contributed by atoms with E-state index in [1.807, 2.05) is 0 Å². The standard InChI is InChI=1S/C20H15F2N7O3S/c21-12-5-6-29(9-12)33(30,31)27-18-4-2-16(22)19(15(18)8-23)32-13-1-3-17-14(7-13)20-26-25-11-28(20)10-24-17/h1-4,7,10-12,27H,5-6,9H2. The first kappa shape index (κ1) is 21.0. The van der Waals surface area contributed by atoms with Crippen LogP contribution in [0.2, 0.25) is 0 Å². The molecule has 10 nitrogen and oxygen atoms in total. The Morgan fingerprint density at radius 1 is 1.24 bits per heavy atom. The minimum absolute atomic E-state index is 0.00512. The van der Waals surface area contributed by atoms with Crippen LogP contribution >= 0.6 is 0 Å². The molecule has 168 valence electrons. The summed E-state index contributed by atoms with van der Waals surface area (Å²) in [5, 5.41) is 18.1. The molecule has 4 aromatic rings. The Hall–Kier alpha value is -3.89. The second-order valence-corrected chi connectivity index (χ2v) is 9.02. The average molecular weight is 471 g/mol. The summed E-state index contributed by atoms with van der Waals surface area (Å²) in [5.74, 6) is -1.14. The van der Waals surface area contributed by atoms with Gasteiger partial charge in [0.25, 0.3) is 0 Å². The highest BCUT2D eigenvalue weighted by molar-refractivity contribution is 7.90. The number of fused-ring (bicyclic) bond motifs is 3. The normalized spacial score (nSPS) is 16.8. The van der Waals surface area contributed by atoms with Crippen LogP contribution in [0.15, 0.2) is 43.0 Å². The molecule has 1 atom stereocenters. The van der Waals surface area contributed by atoms with E-state index in [-0.39, 0.29) is 36.5 Å². The number of ether oxygens (including phenoxy) is 1. The molecule has 1 aliphatic heterocycles. The first-order chi connectivity index (χ1) is 15.9. The number of nitriles is 1. The Balaban J connectivity index is 1.52. The van der Waals surface area contributed by atoms with E-state index >= 15 is 0 Å². The second-order valence-electron chi connectivity index (χ2n) is 7.35. The molecule has 1 unspecified atom stereocenters. The Bertz CT molecular complexity index is 1530. The summed E-state index contributed by atoms with van der Waals surface area (Å²) >= 11 is 0. The van der Waals surface area contributed by atoms with E-state index in [0.29, 0.717) is 16.6 Å². The third-order valence-corrected chi connectivity index (χ3v) is 6.71. The van der Waals surface area contributed by atoms with E-state index < -0.39 is 27.9 Å². The molecule has 1 saturated heterocycles. The average Bonchev–Trinajstić information content (AvgIpc) is 3.45. The van der Waals surface area contributed by atoms with Gasteiger partial charge < -0.3 is 4.74 Å². The molecule has 5 rings (SSSR count). The molecule has 3 heterocycles. The maximum atomic E-state index is 14.7. The molecule has 33 heavy (non-hydrogen) atoms. The highest BCUT2D eigenvalue weighted by Crippen LogP contribution is 2.35. The molecule has 1 aliphatic rings. The fourth-order valence-corrected chi connectivity index (χ4v) is 4.88. The summed E-state index contributed by atoms with van der Waals surface area (Å²) in [7, 11) is -4.14. The van der Waals surface area contributed by atoms with Crippen LogP contribution in [0.4, 0.5) is 14.5 Å². The smallest absolute Gasteiger partial charge is 0.301 e. The van der Waals surface area contributed by atoms with Gasteiger partial charge in [-0.1, -0.05) is 0 Å².